The SMILES string of the molecule is CC(C)(C)C1CCCN1C(=O)c1cnn2c1NC(c1ccccc1)CC2(C)C. The van der Waals surface area contributed by atoms with Crippen LogP contribution in [0.4, 0.5) is 5.82 Å². The number of likely N-dealkylation sites (tertiary alicyclic amines) is 1. The lowest BCUT2D eigenvalue weighted by Crippen LogP contribution is -2.43. The van der Waals surface area contributed by atoms with Gasteiger partial charge in [-0.15, -0.1) is 0 Å². The summed E-state index contributed by atoms with van der Waals surface area (Å²) >= 11 is 0. The predicted octanol–water partition coefficient (Wildman–Crippen LogP) is 4.83. The van der Waals surface area contributed by atoms with Crippen molar-refractivity contribution < 1.29 is 4.79 Å². The first-order valence-corrected chi connectivity index (χ1v) is 10.4. The molecule has 0 radical (unpaired) electrons. The predicted molar refractivity (Wildman–Crippen MR) is 112 cm³/mol. The molecule has 5 heteroatoms. The molecule has 0 aliphatic carbocycles. The van der Waals surface area contributed by atoms with Crippen LogP contribution < -0.4 is 5.32 Å². The third-order valence-corrected chi connectivity index (χ3v) is 6.30. The Kier molecular flexibility index (Phi) is 4.52. The zero-order valence-electron chi connectivity index (χ0n) is 17.7. The van der Waals surface area contributed by atoms with Crippen molar-refractivity contribution in [2.75, 3.05) is 11.9 Å². The molecule has 1 amide bonds. The number of hydrogen-bond donors (Lipinski definition) is 1. The quantitative estimate of drug-likeness (QED) is 0.812. The van der Waals surface area contributed by atoms with E-state index in [9.17, 15) is 4.79 Å². The molecule has 4 rings (SSSR count). The number of carbonyl (C=O) groups is 1. The smallest absolute Gasteiger partial charge is 0.259 e. The van der Waals surface area contributed by atoms with Crippen LogP contribution in [0, 0.1) is 5.41 Å². The second-order valence-electron chi connectivity index (χ2n) is 9.97. The maximum Gasteiger partial charge on any atom is 0.259 e. The molecule has 0 bridgehead atoms. The van der Waals surface area contributed by atoms with E-state index in [2.05, 4.69) is 74.2 Å². The van der Waals surface area contributed by atoms with Gasteiger partial charge in [0.25, 0.3) is 5.91 Å². The van der Waals surface area contributed by atoms with Gasteiger partial charge in [0.2, 0.25) is 0 Å². The van der Waals surface area contributed by atoms with Gasteiger partial charge in [0.15, 0.2) is 0 Å². The Morgan fingerprint density at radius 3 is 2.61 bits per heavy atom. The van der Waals surface area contributed by atoms with Crippen molar-refractivity contribution in [2.45, 2.75) is 71.5 Å². The summed E-state index contributed by atoms with van der Waals surface area (Å²) in [6.45, 7) is 11.9. The first kappa shape index (κ1) is 19.0. The molecule has 1 N–H and O–H groups in total. The third kappa shape index (κ3) is 3.21. The number of fused-ring (bicyclic) bond motifs is 1. The Bertz CT molecular complexity index is 862. The van der Waals surface area contributed by atoms with Crippen molar-refractivity contribution in [3.05, 3.63) is 47.7 Å². The number of nitrogens with zero attached hydrogens (tertiary/aromatic N) is 3. The highest BCUT2D eigenvalue weighted by Gasteiger charge is 2.41. The number of rotatable bonds is 2. The minimum atomic E-state index is -0.159. The Morgan fingerprint density at radius 2 is 1.93 bits per heavy atom. The Labute approximate surface area is 168 Å². The van der Waals surface area contributed by atoms with Crippen molar-refractivity contribution in [3.8, 4) is 0 Å². The van der Waals surface area contributed by atoms with E-state index in [-0.39, 0.29) is 28.9 Å². The van der Waals surface area contributed by atoms with Crippen LogP contribution in [0.1, 0.15) is 75.8 Å². The molecule has 3 heterocycles. The molecule has 1 saturated heterocycles. The summed E-state index contributed by atoms with van der Waals surface area (Å²) in [5.41, 5.74) is 1.87. The molecule has 2 aromatic rings. The molecular weight excluding hydrogens is 348 g/mol. The van der Waals surface area contributed by atoms with E-state index >= 15 is 0 Å². The van der Waals surface area contributed by atoms with Gasteiger partial charge in [0.1, 0.15) is 11.4 Å². The largest absolute Gasteiger partial charge is 0.363 e. The van der Waals surface area contributed by atoms with Gasteiger partial charge in [-0.2, -0.15) is 5.10 Å². The van der Waals surface area contributed by atoms with Crippen LogP contribution in [-0.4, -0.2) is 33.2 Å². The first-order valence-electron chi connectivity index (χ1n) is 10.4. The summed E-state index contributed by atoms with van der Waals surface area (Å²) < 4.78 is 2.00. The number of amides is 1. The second kappa shape index (κ2) is 6.64. The molecule has 2 aliphatic heterocycles. The average Bonchev–Trinajstić information content (AvgIpc) is 3.28. The second-order valence-corrected chi connectivity index (χ2v) is 9.97. The van der Waals surface area contributed by atoms with Crippen LogP contribution in [0.3, 0.4) is 0 Å². The van der Waals surface area contributed by atoms with E-state index in [0.717, 1.165) is 31.6 Å². The molecule has 0 saturated carbocycles. The van der Waals surface area contributed by atoms with E-state index < -0.39 is 0 Å². The van der Waals surface area contributed by atoms with E-state index in [1.165, 1.54) is 5.56 Å². The van der Waals surface area contributed by atoms with Crippen molar-refractivity contribution in [1.82, 2.24) is 14.7 Å². The van der Waals surface area contributed by atoms with E-state index in [1.54, 1.807) is 6.20 Å². The lowest BCUT2D eigenvalue weighted by molar-refractivity contribution is 0.0626. The maximum atomic E-state index is 13.5. The van der Waals surface area contributed by atoms with Crippen LogP contribution in [0.2, 0.25) is 0 Å². The van der Waals surface area contributed by atoms with Crippen LogP contribution >= 0.6 is 0 Å². The minimum absolute atomic E-state index is 0.0820. The highest BCUT2D eigenvalue weighted by molar-refractivity contribution is 5.99. The molecule has 28 heavy (non-hydrogen) atoms. The Balaban J connectivity index is 1.69. The summed E-state index contributed by atoms with van der Waals surface area (Å²) in [4.78, 5) is 15.6. The summed E-state index contributed by atoms with van der Waals surface area (Å²) in [5, 5.41) is 8.25. The van der Waals surface area contributed by atoms with Crippen LogP contribution in [0.15, 0.2) is 36.5 Å². The van der Waals surface area contributed by atoms with Gasteiger partial charge < -0.3 is 10.2 Å². The molecule has 0 spiro atoms. The number of carbonyl (C=O) groups excluding carboxylic acids is 1. The molecule has 1 fully saturated rings. The fraction of sp³-hybridized carbons (Fsp3) is 0.565. The molecule has 1 aromatic carbocycles. The monoisotopic (exact) mass is 380 g/mol. The molecule has 2 unspecified atom stereocenters. The summed E-state index contributed by atoms with van der Waals surface area (Å²) in [7, 11) is 0. The van der Waals surface area contributed by atoms with Gasteiger partial charge in [-0.3, -0.25) is 4.79 Å². The lowest BCUT2D eigenvalue weighted by atomic mass is 9.85. The van der Waals surface area contributed by atoms with Crippen molar-refractivity contribution in [1.29, 1.82) is 0 Å². The molecule has 2 aliphatic rings. The Morgan fingerprint density at radius 1 is 1.21 bits per heavy atom. The summed E-state index contributed by atoms with van der Waals surface area (Å²) in [6.07, 6.45) is 4.83. The van der Waals surface area contributed by atoms with E-state index in [0.29, 0.717) is 5.56 Å². The van der Waals surface area contributed by atoms with Gasteiger partial charge in [0.05, 0.1) is 17.8 Å². The van der Waals surface area contributed by atoms with Gasteiger partial charge in [-0.1, -0.05) is 51.1 Å². The molecule has 150 valence electrons. The van der Waals surface area contributed by atoms with Crippen LogP contribution in [0.5, 0.6) is 0 Å². The topological polar surface area (TPSA) is 50.2 Å². The number of aromatic nitrogens is 2. The van der Waals surface area contributed by atoms with E-state index in [1.807, 2.05) is 10.7 Å². The number of anilines is 1. The van der Waals surface area contributed by atoms with Crippen molar-refractivity contribution >= 4 is 11.7 Å². The van der Waals surface area contributed by atoms with Gasteiger partial charge in [-0.05, 0) is 44.1 Å². The minimum Gasteiger partial charge on any atom is -0.363 e. The fourth-order valence-electron chi connectivity index (χ4n) is 4.86. The highest BCUT2D eigenvalue weighted by Crippen LogP contribution is 2.41. The third-order valence-electron chi connectivity index (χ3n) is 6.30. The van der Waals surface area contributed by atoms with Crippen LogP contribution in [-0.2, 0) is 5.54 Å². The number of benzene rings is 1. The lowest BCUT2D eigenvalue weighted by Gasteiger charge is -2.39. The first-order chi connectivity index (χ1) is 13.2. The van der Waals surface area contributed by atoms with Crippen molar-refractivity contribution in [3.63, 3.8) is 0 Å². The Hall–Kier alpha value is -2.30. The normalized spacial score (nSPS) is 24.0. The number of hydrogen-bond acceptors (Lipinski definition) is 3. The zero-order chi connectivity index (χ0) is 20.1. The molecule has 2 atom stereocenters. The highest BCUT2D eigenvalue weighted by atomic mass is 16.2. The van der Waals surface area contributed by atoms with Gasteiger partial charge in [0, 0.05) is 12.6 Å². The fourth-order valence-corrected chi connectivity index (χ4v) is 4.86. The molecular formula is C23H32N4O. The van der Waals surface area contributed by atoms with Gasteiger partial charge in [-0.25, -0.2) is 4.68 Å². The van der Waals surface area contributed by atoms with Crippen LogP contribution in [0.25, 0.3) is 0 Å². The average molecular weight is 381 g/mol. The standard InChI is InChI=1S/C23H32N4O/c1-22(2,3)19-12-9-13-26(19)21(28)17-15-24-27-20(17)25-18(14-23(27,4)5)16-10-7-6-8-11-16/h6-8,10-11,15,18-19,25H,9,12-14H2,1-5H3. The summed E-state index contributed by atoms with van der Waals surface area (Å²) in [6, 6.07) is 10.9. The van der Waals surface area contributed by atoms with E-state index in [4.69, 9.17) is 0 Å². The molecule has 5 nitrogen and oxygen atoms in total. The molecule has 1 aromatic heterocycles. The van der Waals surface area contributed by atoms with Crippen molar-refractivity contribution in [2.24, 2.45) is 5.41 Å². The van der Waals surface area contributed by atoms with Gasteiger partial charge >= 0.3 is 0 Å². The summed E-state index contributed by atoms with van der Waals surface area (Å²) in [5.74, 6) is 0.963. The zero-order valence-corrected chi connectivity index (χ0v) is 17.7. The number of nitrogens with one attached hydrogen (secondary N) is 1. The maximum absolute atomic E-state index is 13.5.